The smallest absolute Gasteiger partial charge is 0.282 e. The van der Waals surface area contributed by atoms with Gasteiger partial charge in [0, 0.05) is 36.3 Å². The van der Waals surface area contributed by atoms with Crippen LogP contribution in [0.1, 0.15) is 28.8 Å². The molecular formula is C19H19ClN2O4. The van der Waals surface area contributed by atoms with Crippen molar-refractivity contribution in [2.75, 3.05) is 19.8 Å². The number of nitro benzene ring substituents is 1. The molecule has 26 heavy (non-hydrogen) atoms. The molecule has 1 amide bonds. The van der Waals surface area contributed by atoms with Crippen molar-refractivity contribution in [1.29, 1.82) is 0 Å². The Labute approximate surface area is 156 Å². The van der Waals surface area contributed by atoms with E-state index in [4.69, 9.17) is 16.3 Å². The van der Waals surface area contributed by atoms with Gasteiger partial charge in [0.15, 0.2) is 0 Å². The molecule has 1 aliphatic rings. The molecule has 1 heterocycles. The number of amides is 1. The third-order valence-corrected chi connectivity index (χ3v) is 5.06. The van der Waals surface area contributed by atoms with Gasteiger partial charge in [-0.05, 0) is 30.5 Å². The summed E-state index contributed by atoms with van der Waals surface area (Å²) in [5.41, 5.74) is 0.595. The number of nitrogens with one attached hydrogen (secondary N) is 1. The molecule has 0 aliphatic carbocycles. The molecule has 0 aromatic heterocycles. The number of carbonyl (C=O) groups is 1. The van der Waals surface area contributed by atoms with Crippen LogP contribution in [0.5, 0.6) is 0 Å². The van der Waals surface area contributed by atoms with E-state index < -0.39 is 10.8 Å². The molecule has 1 aliphatic heterocycles. The lowest BCUT2D eigenvalue weighted by Gasteiger charge is -2.38. The fraction of sp³-hybridized carbons (Fsp3) is 0.316. The molecule has 7 heteroatoms. The molecule has 0 unspecified atom stereocenters. The van der Waals surface area contributed by atoms with Crippen molar-refractivity contribution in [1.82, 2.24) is 5.32 Å². The second-order valence-corrected chi connectivity index (χ2v) is 6.80. The molecule has 0 radical (unpaired) electrons. The van der Waals surface area contributed by atoms with Gasteiger partial charge < -0.3 is 10.1 Å². The van der Waals surface area contributed by atoms with Crippen LogP contribution < -0.4 is 5.32 Å². The van der Waals surface area contributed by atoms with Crippen molar-refractivity contribution in [3.05, 3.63) is 74.8 Å². The minimum absolute atomic E-state index is 0.0298. The monoisotopic (exact) mass is 374 g/mol. The maximum absolute atomic E-state index is 12.6. The maximum Gasteiger partial charge on any atom is 0.282 e. The molecule has 6 nitrogen and oxygen atoms in total. The summed E-state index contributed by atoms with van der Waals surface area (Å²) in [6, 6.07) is 13.9. The fourth-order valence-electron chi connectivity index (χ4n) is 3.32. The number of nitrogens with zero attached hydrogens (tertiary/aromatic N) is 1. The maximum atomic E-state index is 12.6. The lowest BCUT2D eigenvalue weighted by atomic mass is 9.74. The minimum Gasteiger partial charge on any atom is -0.381 e. The average Bonchev–Trinajstić information content (AvgIpc) is 2.67. The van der Waals surface area contributed by atoms with Crippen LogP contribution in [0.3, 0.4) is 0 Å². The summed E-state index contributed by atoms with van der Waals surface area (Å²) in [5.74, 6) is -0.499. The molecule has 2 aromatic rings. The van der Waals surface area contributed by atoms with Gasteiger partial charge in [-0.2, -0.15) is 0 Å². The summed E-state index contributed by atoms with van der Waals surface area (Å²) >= 11 is 5.92. The third-order valence-electron chi connectivity index (χ3n) is 4.82. The highest BCUT2D eigenvalue weighted by molar-refractivity contribution is 6.31. The summed E-state index contributed by atoms with van der Waals surface area (Å²) in [5, 5.41) is 14.3. The predicted octanol–water partition coefficient (Wildman–Crippen LogP) is 3.73. The number of nitro groups is 1. The number of rotatable bonds is 5. The topological polar surface area (TPSA) is 81.5 Å². The van der Waals surface area contributed by atoms with E-state index >= 15 is 0 Å². The molecule has 0 bridgehead atoms. The van der Waals surface area contributed by atoms with Crippen LogP contribution in [0.4, 0.5) is 5.69 Å². The number of halogens is 1. The summed E-state index contributed by atoms with van der Waals surface area (Å²) in [6.07, 6.45) is 1.55. The van der Waals surface area contributed by atoms with Gasteiger partial charge in [0.25, 0.3) is 11.6 Å². The van der Waals surface area contributed by atoms with Crippen LogP contribution in [0.15, 0.2) is 48.5 Å². The minimum atomic E-state index is -0.577. The first-order valence-corrected chi connectivity index (χ1v) is 8.75. The van der Waals surface area contributed by atoms with Gasteiger partial charge in [0.05, 0.1) is 4.92 Å². The molecule has 0 atom stereocenters. The molecular weight excluding hydrogens is 356 g/mol. The van der Waals surface area contributed by atoms with Crippen LogP contribution in [0, 0.1) is 10.1 Å². The van der Waals surface area contributed by atoms with Crippen LogP contribution in [0.25, 0.3) is 0 Å². The van der Waals surface area contributed by atoms with E-state index in [1.807, 2.05) is 30.3 Å². The normalized spacial score (nSPS) is 16.0. The lowest BCUT2D eigenvalue weighted by molar-refractivity contribution is -0.385. The van der Waals surface area contributed by atoms with Crippen LogP contribution in [-0.2, 0) is 10.2 Å². The summed E-state index contributed by atoms with van der Waals surface area (Å²) < 4.78 is 5.48. The number of hydrogen-bond acceptors (Lipinski definition) is 4. The molecule has 1 fully saturated rings. The van der Waals surface area contributed by atoms with Crippen molar-refractivity contribution in [3.63, 3.8) is 0 Å². The largest absolute Gasteiger partial charge is 0.381 e. The number of carbonyl (C=O) groups excluding carboxylic acids is 1. The summed E-state index contributed by atoms with van der Waals surface area (Å²) in [4.78, 5) is 23.3. The van der Waals surface area contributed by atoms with Crippen molar-refractivity contribution >= 4 is 23.2 Å². The first-order valence-electron chi connectivity index (χ1n) is 8.37. The highest BCUT2D eigenvalue weighted by Gasteiger charge is 2.35. The zero-order valence-corrected chi connectivity index (χ0v) is 14.9. The van der Waals surface area contributed by atoms with Crippen molar-refractivity contribution in [2.45, 2.75) is 18.3 Å². The van der Waals surface area contributed by atoms with Gasteiger partial charge in [0.1, 0.15) is 5.56 Å². The fourth-order valence-corrected chi connectivity index (χ4v) is 3.49. The zero-order valence-electron chi connectivity index (χ0n) is 14.1. The summed E-state index contributed by atoms with van der Waals surface area (Å²) in [7, 11) is 0. The van der Waals surface area contributed by atoms with Crippen LogP contribution in [-0.4, -0.2) is 30.6 Å². The summed E-state index contributed by atoms with van der Waals surface area (Å²) in [6.45, 7) is 1.60. The van der Waals surface area contributed by atoms with Gasteiger partial charge >= 0.3 is 0 Å². The average molecular weight is 375 g/mol. The Bertz CT molecular complexity index is 804. The molecule has 0 saturated carbocycles. The SMILES string of the molecule is O=C(NCC1(c2ccccc2)CCOCC1)c1cc(Cl)ccc1[N+](=O)[O-]. The Hall–Kier alpha value is -2.44. The van der Waals surface area contributed by atoms with Crippen molar-refractivity contribution in [3.8, 4) is 0 Å². The van der Waals surface area contributed by atoms with Crippen LogP contribution >= 0.6 is 11.6 Å². The molecule has 3 rings (SSSR count). The van der Waals surface area contributed by atoms with Crippen molar-refractivity contribution < 1.29 is 14.5 Å². The molecule has 2 aromatic carbocycles. The van der Waals surface area contributed by atoms with E-state index in [1.165, 1.54) is 18.2 Å². The molecule has 1 N–H and O–H groups in total. The number of ether oxygens (including phenoxy) is 1. The van der Waals surface area contributed by atoms with Crippen molar-refractivity contribution in [2.24, 2.45) is 0 Å². The van der Waals surface area contributed by atoms with E-state index in [0.29, 0.717) is 19.8 Å². The first-order chi connectivity index (χ1) is 12.5. The van der Waals surface area contributed by atoms with Gasteiger partial charge in [-0.15, -0.1) is 0 Å². The highest BCUT2D eigenvalue weighted by Crippen LogP contribution is 2.34. The standard InChI is InChI=1S/C19H19ClN2O4/c20-15-6-7-17(22(24)25)16(12-15)18(23)21-13-19(8-10-26-11-9-19)14-4-2-1-3-5-14/h1-7,12H,8-11,13H2,(H,21,23). The highest BCUT2D eigenvalue weighted by atomic mass is 35.5. The van der Waals surface area contributed by atoms with E-state index in [0.717, 1.165) is 18.4 Å². The van der Waals surface area contributed by atoms with Gasteiger partial charge in [-0.3, -0.25) is 14.9 Å². The third kappa shape index (κ3) is 3.86. The molecule has 1 saturated heterocycles. The Morgan fingerprint density at radius 3 is 2.54 bits per heavy atom. The Kier molecular flexibility index (Phi) is 5.54. The van der Waals surface area contributed by atoms with Gasteiger partial charge in [-0.25, -0.2) is 0 Å². The predicted molar refractivity (Wildman–Crippen MR) is 98.6 cm³/mol. The van der Waals surface area contributed by atoms with Gasteiger partial charge in [-0.1, -0.05) is 41.9 Å². The Morgan fingerprint density at radius 1 is 1.19 bits per heavy atom. The number of benzene rings is 2. The quantitative estimate of drug-likeness (QED) is 0.638. The van der Waals surface area contributed by atoms with E-state index in [-0.39, 0.29) is 21.7 Å². The second kappa shape index (κ2) is 7.85. The van der Waals surface area contributed by atoms with Crippen LogP contribution in [0.2, 0.25) is 5.02 Å². The van der Waals surface area contributed by atoms with Gasteiger partial charge in [0.2, 0.25) is 0 Å². The van der Waals surface area contributed by atoms with E-state index in [9.17, 15) is 14.9 Å². The second-order valence-electron chi connectivity index (χ2n) is 6.36. The van der Waals surface area contributed by atoms with E-state index in [1.54, 1.807) is 0 Å². The number of hydrogen-bond donors (Lipinski definition) is 1. The molecule has 136 valence electrons. The Balaban J connectivity index is 1.83. The zero-order chi connectivity index (χ0) is 18.6. The Morgan fingerprint density at radius 2 is 1.88 bits per heavy atom. The molecule has 0 spiro atoms. The van der Waals surface area contributed by atoms with E-state index in [2.05, 4.69) is 5.32 Å². The lowest BCUT2D eigenvalue weighted by Crippen LogP contribution is -2.44. The first kappa shape index (κ1) is 18.4.